The number of piperidine rings is 1. The number of nitrogens with zero attached hydrogens (tertiary/aromatic N) is 2. The maximum Gasteiger partial charge on any atom is 0.205 e. The number of nitrogens with one attached hydrogen (secondary N) is 1. The molecule has 3 fully saturated rings. The number of rotatable bonds is 3. The van der Waals surface area contributed by atoms with Gasteiger partial charge in [-0.2, -0.15) is 5.10 Å². The second kappa shape index (κ2) is 4.64. The van der Waals surface area contributed by atoms with Gasteiger partial charge in [-0.1, -0.05) is 0 Å². The summed E-state index contributed by atoms with van der Waals surface area (Å²) in [5, 5.41) is 6.94. The summed E-state index contributed by atoms with van der Waals surface area (Å²) in [5.41, 5.74) is 0.498. The molecule has 0 bridgehead atoms. The smallest absolute Gasteiger partial charge is 0.205 e. The summed E-state index contributed by atoms with van der Waals surface area (Å²) in [6.45, 7) is 1.58. The van der Waals surface area contributed by atoms with Crippen molar-refractivity contribution < 1.29 is 13.2 Å². The minimum atomic E-state index is -3.65. The quantitative estimate of drug-likeness (QED) is 0.889. The van der Waals surface area contributed by atoms with E-state index in [1.165, 1.54) is 4.68 Å². The fourth-order valence-corrected chi connectivity index (χ4v) is 6.39. The Bertz CT molecular complexity index is 727. The van der Waals surface area contributed by atoms with Crippen LogP contribution in [-0.2, 0) is 21.7 Å². The Kier molecular flexibility index (Phi) is 3.04. The number of aromatic nitrogens is 2. The van der Waals surface area contributed by atoms with E-state index < -0.39 is 15.1 Å². The molecule has 1 unspecified atom stereocenters. The van der Waals surface area contributed by atoms with Gasteiger partial charge >= 0.3 is 0 Å². The molecule has 2 saturated carbocycles. The van der Waals surface area contributed by atoms with E-state index in [4.69, 9.17) is 0 Å². The standard InChI is InChI=1S/C15H21N3O3S/c1-18-13(8-11(17-18)10-2-3-10)22(20,21)14-12(19)9-15(14)4-6-16-7-5-15/h8,10,14,16H,2-7,9H2,1H3. The Morgan fingerprint density at radius 1 is 1.32 bits per heavy atom. The molecule has 3 aliphatic rings. The number of ketones is 1. The third kappa shape index (κ3) is 1.98. The van der Waals surface area contributed by atoms with Crippen LogP contribution < -0.4 is 5.32 Å². The fourth-order valence-electron chi connectivity index (χ4n) is 4.05. The van der Waals surface area contributed by atoms with E-state index in [2.05, 4.69) is 10.4 Å². The van der Waals surface area contributed by atoms with Gasteiger partial charge in [-0.25, -0.2) is 8.42 Å². The van der Waals surface area contributed by atoms with Crippen molar-refractivity contribution in [1.29, 1.82) is 0 Å². The molecule has 1 aliphatic heterocycles. The summed E-state index contributed by atoms with van der Waals surface area (Å²) in [4.78, 5) is 12.2. The summed E-state index contributed by atoms with van der Waals surface area (Å²) < 4.78 is 27.6. The Balaban J connectivity index is 1.71. The lowest BCUT2D eigenvalue weighted by molar-refractivity contribution is -0.133. The van der Waals surface area contributed by atoms with E-state index in [-0.39, 0.29) is 16.2 Å². The summed E-state index contributed by atoms with van der Waals surface area (Å²) in [6, 6.07) is 1.69. The number of hydrogen-bond donors (Lipinski definition) is 1. The second-order valence-electron chi connectivity index (χ2n) is 6.99. The lowest BCUT2D eigenvalue weighted by Gasteiger charge is -2.49. The summed E-state index contributed by atoms with van der Waals surface area (Å²) >= 11 is 0. The summed E-state index contributed by atoms with van der Waals surface area (Å²) in [7, 11) is -1.99. The lowest BCUT2D eigenvalue weighted by atomic mass is 9.62. The molecule has 1 aromatic heterocycles. The van der Waals surface area contributed by atoms with Crippen LogP contribution in [0.4, 0.5) is 0 Å². The van der Waals surface area contributed by atoms with Gasteiger partial charge < -0.3 is 5.32 Å². The van der Waals surface area contributed by atoms with E-state index >= 15 is 0 Å². The van der Waals surface area contributed by atoms with Gasteiger partial charge in [-0.05, 0) is 44.8 Å². The maximum atomic E-state index is 13.1. The first kappa shape index (κ1) is 14.4. The zero-order valence-electron chi connectivity index (χ0n) is 12.7. The molecule has 2 heterocycles. The molecule has 4 rings (SSSR count). The number of hydrogen-bond acceptors (Lipinski definition) is 5. The van der Waals surface area contributed by atoms with Crippen LogP contribution in [0.2, 0.25) is 0 Å². The topological polar surface area (TPSA) is 81.1 Å². The highest BCUT2D eigenvalue weighted by atomic mass is 32.2. The highest BCUT2D eigenvalue weighted by molar-refractivity contribution is 7.93. The highest BCUT2D eigenvalue weighted by Gasteiger charge is 2.60. The predicted molar refractivity (Wildman–Crippen MR) is 80.3 cm³/mol. The van der Waals surface area contributed by atoms with E-state index in [1.54, 1.807) is 13.1 Å². The Morgan fingerprint density at radius 2 is 2.00 bits per heavy atom. The van der Waals surface area contributed by atoms with Crippen molar-refractivity contribution in [3.8, 4) is 0 Å². The number of Topliss-reactive ketones (excluding diaryl/α,β-unsaturated/α-hetero) is 1. The largest absolute Gasteiger partial charge is 0.317 e. The third-order valence-electron chi connectivity index (χ3n) is 5.43. The zero-order chi connectivity index (χ0) is 15.5. The van der Waals surface area contributed by atoms with Crippen LogP contribution in [0.5, 0.6) is 0 Å². The normalized spacial score (nSPS) is 27.9. The van der Waals surface area contributed by atoms with Crippen LogP contribution in [0.25, 0.3) is 0 Å². The first-order valence-corrected chi connectivity index (χ1v) is 9.50. The van der Waals surface area contributed by atoms with Crippen molar-refractivity contribution in [1.82, 2.24) is 15.1 Å². The average Bonchev–Trinajstić information content (AvgIpc) is 3.21. The monoisotopic (exact) mass is 323 g/mol. The van der Waals surface area contributed by atoms with Crippen LogP contribution in [0.15, 0.2) is 11.1 Å². The molecule has 1 saturated heterocycles. The van der Waals surface area contributed by atoms with Crippen molar-refractivity contribution in [2.24, 2.45) is 12.5 Å². The molecule has 0 aromatic carbocycles. The van der Waals surface area contributed by atoms with E-state index in [9.17, 15) is 13.2 Å². The maximum absolute atomic E-state index is 13.1. The number of carbonyl (C=O) groups is 1. The zero-order valence-corrected chi connectivity index (χ0v) is 13.5. The molecule has 120 valence electrons. The molecule has 1 atom stereocenters. The molecule has 22 heavy (non-hydrogen) atoms. The number of carbonyl (C=O) groups excluding carboxylic acids is 1. The molecule has 1 aromatic rings. The van der Waals surface area contributed by atoms with Crippen LogP contribution in [0.3, 0.4) is 0 Å². The Hall–Kier alpha value is -1.21. The van der Waals surface area contributed by atoms with E-state index in [0.29, 0.717) is 12.3 Å². The molecule has 0 radical (unpaired) electrons. The van der Waals surface area contributed by atoms with Gasteiger partial charge in [0.05, 0.1) is 5.69 Å². The van der Waals surface area contributed by atoms with E-state index in [1.807, 2.05) is 0 Å². The molecule has 1 spiro atoms. The van der Waals surface area contributed by atoms with Gasteiger partial charge in [0.1, 0.15) is 5.25 Å². The molecule has 2 aliphatic carbocycles. The molecule has 6 nitrogen and oxygen atoms in total. The van der Waals surface area contributed by atoms with Gasteiger partial charge in [-0.3, -0.25) is 9.48 Å². The number of aryl methyl sites for hydroxylation is 1. The van der Waals surface area contributed by atoms with Crippen molar-refractivity contribution in [3.05, 3.63) is 11.8 Å². The number of sulfone groups is 1. The molecule has 7 heteroatoms. The Labute approximate surface area is 130 Å². The minimum absolute atomic E-state index is 0.129. The fraction of sp³-hybridized carbons (Fsp3) is 0.733. The van der Waals surface area contributed by atoms with Crippen molar-refractivity contribution in [2.75, 3.05) is 13.1 Å². The van der Waals surface area contributed by atoms with Crippen molar-refractivity contribution >= 4 is 15.6 Å². The van der Waals surface area contributed by atoms with Gasteiger partial charge in [-0.15, -0.1) is 0 Å². The van der Waals surface area contributed by atoms with Crippen LogP contribution in [-0.4, -0.2) is 42.3 Å². The third-order valence-corrected chi connectivity index (χ3v) is 7.78. The molecular weight excluding hydrogens is 302 g/mol. The van der Waals surface area contributed by atoms with Crippen LogP contribution >= 0.6 is 0 Å². The predicted octanol–water partition coefficient (Wildman–Crippen LogP) is 0.782. The second-order valence-corrected chi connectivity index (χ2v) is 8.97. The summed E-state index contributed by atoms with van der Waals surface area (Å²) in [6.07, 6.45) is 4.08. The highest BCUT2D eigenvalue weighted by Crippen LogP contribution is 2.51. The summed E-state index contributed by atoms with van der Waals surface area (Å²) in [5.74, 6) is 0.274. The molecule has 1 N–H and O–H groups in total. The molecule has 0 amide bonds. The Morgan fingerprint density at radius 3 is 2.59 bits per heavy atom. The van der Waals surface area contributed by atoms with E-state index in [0.717, 1.165) is 44.5 Å². The SMILES string of the molecule is Cn1nc(C2CC2)cc1S(=O)(=O)C1C(=O)CC12CCNCC2. The first-order valence-electron chi connectivity index (χ1n) is 7.95. The van der Waals surface area contributed by atoms with Crippen molar-refractivity contribution in [2.45, 2.75) is 48.3 Å². The van der Waals surface area contributed by atoms with Gasteiger partial charge in [0, 0.05) is 24.8 Å². The first-order chi connectivity index (χ1) is 10.4. The van der Waals surface area contributed by atoms with Gasteiger partial charge in [0.25, 0.3) is 0 Å². The minimum Gasteiger partial charge on any atom is -0.317 e. The molecular formula is C15H21N3O3S. The lowest BCUT2D eigenvalue weighted by Crippen LogP contribution is -2.60. The van der Waals surface area contributed by atoms with Crippen LogP contribution in [0, 0.1) is 5.41 Å². The average molecular weight is 323 g/mol. The van der Waals surface area contributed by atoms with Crippen molar-refractivity contribution in [3.63, 3.8) is 0 Å². The van der Waals surface area contributed by atoms with Crippen LogP contribution in [0.1, 0.15) is 43.7 Å². The van der Waals surface area contributed by atoms with Gasteiger partial charge in [0.2, 0.25) is 9.84 Å². The van der Waals surface area contributed by atoms with Gasteiger partial charge in [0.15, 0.2) is 10.8 Å².